The number of nitrogens with one attached hydrogen (secondary N) is 1. The zero-order chi connectivity index (χ0) is 11.5. The van der Waals surface area contributed by atoms with E-state index in [0.29, 0.717) is 24.3 Å². The second kappa shape index (κ2) is 5.61. The molecule has 0 aromatic rings. The molecule has 90 valence electrons. The summed E-state index contributed by atoms with van der Waals surface area (Å²) in [6.45, 7) is 5.23. The molecule has 0 saturated carbocycles. The lowest BCUT2D eigenvalue weighted by molar-refractivity contribution is 0.277. The molecule has 0 spiro atoms. The summed E-state index contributed by atoms with van der Waals surface area (Å²) in [4.78, 5) is 0. The van der Waals surface area contributed by atoms with Crippen molar-refractivity contribution in [3.05, 3.63) is 0 Å². The molecule has 0 bridgehead atoms. The molecule has 2 unspecified atom stereocenters. The van der Waals surface area contributed by atoms with E-state index in [2.05, 4.69) is 27.6 Å². The fraction of sp³-hybridized carbons (Fsp3) is 1.00. The second-order valence-electron chi connectivity index (χ2n) is 4.28. The van der Waals surface area contributed by atoms with Gasteiger partial charge in [0.1, 0.15) is 0 Å². The van der Waals surface area contributed by atoms with Gasteiger partial charge >= 0.3 is 0 Å². The molecule has 2 atom stereocenters. The molecule has 0 radical (unpaired) electrons. The van der Waals surface area contributed by atoms with Crippen molar-refractivity contribution in [3.8, 4) is 0 Å². The topological polar surface area (TPSA) is 49.4 Å². The van der Waals surface area contributed by atoms with E-state index in [1.54, 1.807) is 4.31 Å². The van der Waals surface area contributed by atoms with E-state index in [-0.39, 0.29) is 6.04 Å². The van der Waals surface area contributed by atoms with Crippen molar-refractivity contribution in [2.75, 3.05) is 18.4 Å². The van der Waals surface area contributed by atoms with Crippen LogP contribution in [0.3, 0.4) is 0 Å². The van der Waals surface area contributed by atoms with Crippen molar-refractivity contribution < 1.29 is 8.42 Å². The minimum absolute atomic E-state index is 0.0627. The van der Waals surface area contributed by atoms with E-state index >= 15 is 0 Å². The summed E-state index contributed by atoms with van der Waals surface area (Å²) < 4.78 is 28.0. The molecule has 0 aliphatic carbocycles. The lowest BCUT2D eigenvalue weighted by Gasteiger charge is -2.30. The van der Waals surface area contributed by atoms with Crippen molar-refractivity contribution in [2.45, 2.75) is 32.7 Å². The third-order valence-corrected chi connectivity index (χ3v) is 5.22. The van der Waals surface area contributed by atoms with E-state index in [9.17, 15) is 8.42 Å². The standard InChI is InChI=1S/C9H19BrN2O2S/c1-8-4-3-5-12(7-8)15(13,14)11-9(2)6-10/h8-9,11H,3-7H2,1-2H3. The summed E-state index contributed by atoms with van der Waals surface area (Å²) in [6.07, 6.45) is 2.09. The van der Waals surface area contributed by atoms with Gasteiger partial charge in [-0.2, -0.15) is 17.4 Å². The molecule has 1 saturated heterocycles. The lowest BCUT2D eigenvalue weighted by atomic mass is 10.0. The van der Waals surface area contributed by atoms with Crippen LogP contribution in [0.4, 0.5) is 0 Å². The van der Waals surface area contributed by atoms with Crippen molar-refractivity contribution >= 4 is 26.1 Å². The Morgan fingerprint density at radius 2 is 2.27 bits per heavy atom. The molecule has 1 aliphatic heterocycles. The van der Waals surface area contributed by atoms with Gasteiger partial charge < -0.3 is 0 Å². The molecule has 0 amide bonds. The molecule has 1 heterocycles. The summed E-state index contributed by atoms with van der Waals surface area (Å²) in [5.41, 5.74) is 0. The lowest BCUT2D eigenvalue weighted by Crippen LogP contribution is -2.48. The van der Waals surface area contributed by atoms with Crippen molar-refractivity contribution in [1.82, 2.24) is 9.03 Å². The average molecular weight is 299 g/mol. The van der Waals surface area contributed by atoms with Gasteiger partial charge in [-0.25, -0.2) is 0 Å². The van der Waals surface area contributed by atoms with Gasteiger partial charge in [0, 0.05) is 24.5 Å². The maximum Gasteiger partial charge on any atom is 0.279 e. The predicted octanol–water partition coefficient (Wildman–Crippen LogP) is 1.34. The van der Waals surface area contributed by atoms with E-state index < -0.39 is 10.2 Å². The van der Waals surface area contributed by atoms with Crippen LogP contribution in [0.2, 0.25) is 0 Å². The Balaban J connectivity index is 2.60. The second-order valence-corrected chi connectivity index (χ2v) is 6.63. The van der Waals surface area contributed by atoms with Crippen LogP contribution >= 0.6 is 15.9 Å². The molecule has 15 heavy (non-hydrogen) atoms. The summed E-state index contributed by atoms with van der Waals surface area (Å²) in [5, 5.41) is 0.635. The molecule has 6 heteroatoms. The molecule has 1 N–H and O–H groups in total. The van der Waals surface area contributed by atoms with Crippen LogP contribution in [0.1, 0.15) is 26.7 Å². The normalized spacial score (nSPS) is 26.5. The Hall–Kier alpha value is 0.350. The highest BCUT2D eigenvalue weighted by atomic mass is 79.9. The first-order valence-corrected chi connectivity index (χ1v) is 7.85. The highest BCUT2D eigenvalue weighted by molar-refractivity contribution is 9.09. The fourth-order valence-corrected chi connectivity index (χ4v) is 3.66. The van der Waals surface area contributed by atoms with Gasteiger partial charge in [-0.15, -0.1) is 0 Å². The summed E-state index contributed by atoms with van der Waals surface area (Å²) in [5.74, 6) is 0.467. The summed E-state index contributed by atoms with van der Waals surface area (Å²) in [7, 11) is -3.27. The third kappa shape index (κ3) is 4.01. The molecule has 0 aromatic carbocycles. The zero-order valence-electron chi connectivity index (χ0n) is 9.24. The monoisotopic (exact) mass is 298 g/mol. The van der Waals surface area contributed by atoms with Crippen LogP contribution in [-0.2, 0) is 10.2 Å². The van der Waals surface area contributed by atoms with Crippen LogP contribution in [0, 0.1) is 5.92 Å². The Labute approximate surface area is 101 Å². The van der Waals surface area contributed by atoms with E-state index in [1.807, 2.05) is 6.92 Å². The van der Waals surface area contributed by atoms with Gasteiger partial charge in [0.05, 0.1) is 0 Å². The first-order valence-electron chi connectivity index (χ1n) is 5.29. The smallest absolute Gasteiger partial charge is 0.198 e. The van der Waals surface area contributed by atoms with Crippen molar-refractivity contribution in [3.63, 3.8) is 0 Å². The number of hydrogen-bond acceptors (Lipinski definition) is 2. The highest BCUT2D eigenvalue weighted by Gasteiger charge is 2.27. The predicted molar refractivity (Wildman–Crippen MR) is 65.3 cm³/mol. The van der Waals surface area contributed by atoms with Crippen LogP contribution in [-0.4, -0.2) is 37.2 Å². The number of rotatable bonds is 4. The quantitative estimate of drug-likeness (QED) is 0.796. The zero-order valence-corrected chi connectivity index (χ0v) is 11.6. The molecular weight excluding hydrogens is 280 g/mol. The Bertz CT molecular complexity index is 294. The molecule has 4 nitrogen and oxygen atoms in total. The number of piperidine rings is 1. The number of halogens is 1. The van der Waals surface area contributed by atoms with Gasteiger partial charge in [0.2, 0.25) is 0 Å². The largest absolute Gasteiger partial charge is 0.279 e. The minimum atomic E-state index is -3.27. The van der Waals surface area contributed by atoms with Crippen LogP contribution in [0.15, 0.2) is 0 Å². The molecule has 1 fully saturated rings. The Kier molecular flexibility index (Phi) is 5.02. The third-order valence-electron chi connectivity index (χ3n) is 2.54. The van der Waals surface area contributed by atoms with Gasteiger partial charge in [-0.3, -0.25) is 0 Å². The summed E-state index contributed by atoms with van der Waals surface area (Å²) in [6, 6.07) is -0.0627. The van der Waals surface area contributed by atoms with Crippen molar-refractivity contribution in [1.29, 1.82) is 0 Å². The minimum Gasteiger partial charge on any atom is -0.198 e. The maximum absolute atomic E-state index is 11.9. The number of alkyl halides is 1. The van der Waals surface area contributed by atoms with Gasteiger partial charge in [0.15, 0.2) is 0 Å². The van der Waals surface area contributed by atoms with Crippen LogP contribution in [0.5, 0.6) is 0 Å². The van der Waals surface area contributed by atoms with E-state index in [0.717, 1.165) is 12.8 Å². The first-order chi connectivity index (χ1) is 6.95. The average Bonchev–Trinajstić information content (AvgIpc) is 2.17. The molecule has 1 aliphatic rings. The Morgan fingerprint density at radius 1 is 1.60 bits per heavy atom. The Morgan fingerprint density at radius 3 is 2.80 bits per heavy atom. The van der Waals surface area contributed by atoms with Crippen LogP contribution in [0.25, 0.3) is 0 Å². The van der Waals surface area contributed by atoms with E-state index in [1.165, 1.54) is 0 Å². The maximum atomic E-state index is 11.9. The first kappa shape index (κ1) is 13.4. The van der Waals surface area contributed by atoms with Gasteiger partial charge in [-0.1, -0.05) is 22.9 Å². The molecule has 1 rings (SSSR count). The molecule has 0 aromatic heterocycles. The van der Waals surface area contributed by atoms with Crippen LogP contribution < -0.4 is 4.72 Å². The van der Waals surface area contributed by atoms with E-state index in [4.69, 9.17) is 0 Å². The van der Waals surface area contributed by atoms with Crippen molar-refractivity contribution in [2.24, 2.45) is 5.92 Å². The fourth-order valence-electron chi connectivity index (χ4n) is 1.72. The highest BCUT2D eigenvalue weighted by Crippen LogP contribution is 2.17. The summed E-state index contributed by atoms with van der Waals surface area (Å²) >= 11 is 3.26. The SMILES string of the molecule is CC1CCCN(S(=O)(=O)NC(C)CBr)C1. The number of nitrogens with zero attached hydrogens (tertiary/aromatic N) is 1. The molecular formula is C9H19BrN2O2S. The number of hydrogen-bond donors (Lipinski definition) is 1. The van der Waals surface area contributed by atoms with Gasteiger partial charge in [0.25, 0.3) is 10.2 Å². The van der Waals surface area contributed by atoms with Gasteiger partial charge in [-0.05, 0) is 25.7 Å².